The Kier molecular flexibility index (Phi) is 5.17. The fraction of sp³-hybridized carbons (Fsp3) is 0.0769. The van der Waals surface area contributed by atoms with Crippen LogP contribution < -0.4 is 0 Å². The fourth-order valence-corrected chi connectivity index (χ4v) is 3.92. The number of benzene rings is 3. The molecule has 0 aliphatic heterocycles. The molecule has 5 aromatic rings. The molecule has 0 aliphatic rings. The predicted molar refractivity (Wildman–Crippen MR) is 125 cm³/mol. The molecule has 0 amide bonds. The molecule has 2 heterocycles. The third-order valence-corrected chi connectivity index (χ3v) is 5.59. The Labute approximate surface area is 189 Å². The van der Waals surface area contributed by atoms with Crippen LogP contribution in [0.15, 0.2) is 79.0 Å². The summed E-state index contributed by atoms with van der Waals surface area (Å²) in [5.41, 5.74) is 6.77. The normalized spacial score (nSPS) is 10.9. The van der Waals surface area contributed by atoms with Crippen molar-refractivity contribution in [2.45, 2.75) is 13.0 Å². The standard InChI is InChI=1S/C26H19N5O2/c27-15-20-12-18(6-8-22(20)17-4-2-1-3-5-17)23-14-24(30-29-23)19-7-9-25-21(13-19)16-28-31(25)11-10-26(32)33/h1-9,12-14,16H,10-11H2,(H,29,30)(H,32,33). The van der Waals surface area contributed by atoms with Gasteiger partial charge < -0.3 is 5.11 Å². The summed E-state index contributed by atoms with van der Waals surface area (Å²) in [5.74, 6) is -0.851. The van der Waals surface area contributed by atoms with Gasteiger partial charge in [-0.3, -0.25) is 14.6 Å². The third kappa shape index (κ3) is 3.98. The van der Waals surface area contributed by atoms with Crippen LogP contribution in [0.4, 0.5) is 0 Å². The number of nitriles is 1. The second kappa shape index (κ2) is 8.44. The van der Waals surface area contributed by atoms with Crippen LogP contribution >= 0.6 is 0 Å². The van der Waals surface area contributed by atoms with Crippen molar-refractivity contribution in [1.29, 1.82) is 5.26 Å². The minimum Gasteiger partial charge on any atom is -0.481 e. The minimum atomic E-state index is -0.851. The van der Waals surface area contributed by atoms with Gasteiger partial charge in [0.15, 0.2) is 0 Å². The Balaban J connectivity index is 1.44. The Morgan fingerprint density at radius 2 is 1.82 bits per heavy atom. The number of aryl methyl sites for hydroxylation is 1. The maximum absolute atomic E-state index is 10.8. The molecule has 0 fully saturated rings. The van der Waals surface area contributed by atoms with Crippen molar-refractivity contribution in [3.05, 3.63) is 84.6 Å². The van der Waals surface area contributed by atoms with Crippen LogP contribution in [-0.4, -0.2) is 31.1 Å². The van der Waals surface area contributed by atoms with Crippen LogP contribution in [0.3, 0.4) is 0 Å². The summed E-state index contributed by atoms with van der Waals surface area (Å²) in [7, 11) is 0. The minimum absolute atomic E-state index is 0.0228. The fourth-order valence-electron chi connectivity index (χ4n) is 3.92. The number of H-pyrrole nitrogens is 1. The SMILES string of the molecule is N#Cc1cc(-c2cc(-c3ccc4c(cnn4CCC(=O)O)c3)n[nH]2)ccc1-c1ccccc1. The number of aromatic nitrogens is 4. The lowest BCUT2D eigenvalue weighted by Gasteiger charge is -2.06. The molecule has 2 aromatic heterocycles. The van der Waals surface area contributed by atoms with Gasteiger partial charge in [-0.2, -0.15) is 15.5 Å². The highest BCUT2D eigenvalue weighted by Gasteiger charge is 2.12. The zero-order valence-corrected chi connectivity index (χ0v) is 17.6. The molecule has 0 bridgehead atoms. The van der Waals surface area contributed by atoms with E-state index < -0.39 is 5.97 Å². The quantitative estimate of drug-likeness (QED) is 0.387. The highest BCUT2D eigenvalue weighted by atomic mass is 16.4. The molecule has 5 rings (SSSR count). The molecule has 3 aromatic carbocycles. The van der Waals surface area contributed by atoms with Crippen molar-refractivity contribution in [2.24, 2.45) is 0 Å². The highest BCUT2D eigenvalue weighted by Crippen LogP contribution is 2.30. The van der Waals surface area contributed by atoms with Gasteiger partial charge in [0.25, 0.3) is 0 Å². The van der Waals surface area contributed by atoms with Crippen molar-refractivity contribution < 1.29 is 9.90 Å². The maximum atomic E-state index is 10.8. The van der Waals surface area contributed by atoms with E-state index >= 15 is 0 Å². The van der Waals surface area contributed by atoms with Crippen LogP contribution in [0.1, 0.15) is 12.0 Å². The van der Waals surface area contributed by atoms with E-state index in [0.717, 1.165) is 44.5 Å². The number of aliphatic carboxylic acids is 1. The Hall–Kier alpha value is -4.70. The first kappa shape index (κ1) is 20.2. The van der Waals surface area contributed by atoms with Crippen LogP contribution in [0.5, 0.6) is 0 Å². The summed E-state index contributed by atoms with van der Waals surface area (Å²) in [6.45, 7) is 0.324. The molecule has 0 atom stereocenters. The summed E-state index contributed by atoms with van der Waals surface area (Å²) < 4.78 is 1.70. The van der Waals surface area contributed by atoms with E-state index in [4.69, 9.17) is 5.11 Å². The molecule has 0 spiro atoms. The summed E-state index contributed by atoms with van der Waals surface area (Å²) in [4.78, 5) is 10.8. The summed E-state index contributed by atoms with van der Waals surface area (Å²) in [5, 5.41) is 31.3. The summed E-state index contributed by atoms with van der Waals surface area (Å²) in [6, 6.07) is 25.8. The van der Waals surface area contributed by atoms with E-state index in [-0.39, 0.29) is 6.42 Å². The Morgan fingerprint density at radius 1 is 1.00 bits per heavy atom. The zero-order chi connectivity index (χ0) is 22.8. The molecule has 0 unspecified atom stereocenters. The number of hydrogen-bond acceptors (Lipinski definition) is 4. The van der Waals surface area contributed by atoms with Gasteiger partial charge in [-0.05, 0) is 35.4 Å². The van der Waals surface area contributed by atoms with E-state index in [9.17, 15) is 10.1 Å². The number of hydrogen-bond donors (Lipinski definition) is 2. The molecule has 0 saturated carbocycles. The number of carbonyl (C=O) groups is 1. The molecule has 0 saturated heterocycles. The molecule has 0 aliphatic carbocycles. The topological polar surface area (TPSA) is 108 Å². The summed E-state index contributed by atoms with van der Waals surface area (Å²) in [6.07, 6.45) is 1.75. The molecule has 2 N–H and O–H groups in total. The lowest BCUT2D eigenvalue weighted by atomic mass is 9.97. The van der Waals surface area contributed by atoms with Crippen molar-refractivity contribution in [2.75, 3.05) is 0 Å². The van der Waals surface area contributed by atoms with Crippen molar-refractivity contribution >= 4 is 16.9 Å². The average Bonchev–Trinajstić information content (AvgIpc) is 3.50. The van der Waals surface area contributed by atoms with Crippen LogP contribution in [0.2, 0.25) is 0 Å². The van der Waals surface area contributed by atoms with Gasteiger partial charge >= 0.3 is 5.97 Å². The van der Waals surface area contributed by atoms with Gasteiger partial charge in [0.1, 0.15) is 0 Å². The van der Waals surface area contributed by atoms with Gasteiger partial charge in [-0.1, -0.05) is 48.5 Å². The van der Waals surface area contributed by atoms with Crippen molar-refractivity contribution in [1.82, 2.24) is 20.0 Å². The van der Waals surface area contributed by atoms with Crippen LogP contribution in [-0.2, 0) is 11.3 Å². The number of nitrogens with one attached hydrogen (secondary N) is 1. The molecule has 0 radical (unpaired) electrons. The number of aromatic amines is 1. The van der Waals surface area contributed by atoms with Gasteiger partial charge in [-0.15, -0.1) is 0 Å². The van der Waals surface area contributed by atoms with E-state index in [1.54, 1.807) is 10.9 Å². The van der Waals surface area contributed by atoms with Crippen molar-refractivity contribution in [3.8, 4) is 39.7 Å². The predicted octanol–water partition coefficient (Wildman–Crippen LogP) is 5.11. The number of carboxylic acid groups (broad SMARTS) is 1. The van der Waals surface area contributed by atoms with Crippen molar-refractivity contribution in [3.63, 3.8) is 0 Å². The molecule has 160 valence electrons. The Bertz CT molecular complexity index is 1510. The van der Waals surface area contributed by atoms with Gasteiger partial charge in [0.2, 0.25) is 0 Å². The molecule has 7 nitrogen and oxygen atoms in total. The maximum Gasteiger partial charge on any atom is 0.305 e. The van der Waals surface area contributed by atoms with Gasteiger partial charge in [0, 0.05) is 16.5 Å². The van der Waals surface area contributed by atoms with Gasteiger partial charge in [-0.25, -0.2) is 0 Å². The molecular formula is C26H19N5O2. The average molecular weight is 433 g/mol. The second-order valence-electron chi connectivity index (χ2n) is 7.69. The molecule has 7 heteroatoms. The van der Waals surface area contributed by atoms with Crippen LogP contribution in [0, 0.1) is 11.3 Å². The van der Waals surface area contributed by atoms with E-state index in [1.807, 2.05) is 72.8 Å². The Morgan fingerprint density at radius 3 is 2.61 bits per heavy atom. The number of nitrogens with zero attached hydrogens (tertiary/aromatic N) is 4. The van der Waals surface area contributed by atoms with E-state index in [1.165, 1.54) is 0 Å². The first-order chi connectivity index (χ1) is 16.1. The van der Waals surface area contributed by atoms with E-state index in [2.05, 4.69) is 21.4 Å². The number of fused-ring (bicyclic) bond motifs is 1. The number of carboxylic acids is 1. The smallest absolute Gasteiger partial charge is 0.305 e. The molecular weight excluding hydrogens is 414 g/mol. The lowest BCUT2D eigenvalue weighted by molar-refractivity contribution is -0.137. The highest BCUT2D eigenvalue weighted by molar-refractivity contribution is 5.85. The monoisotopic (exact) mass is 433 g/mol. The van der Waals surface area contributed by atoms with E-state index in [0.29, 0.717) is 12.1 Å². The number of rotatable bonds is 6. The lowest BCUT2D eigenvalue weighted by Crippen LogP contribution is -2.05. The first-order valence-electron chi connectivity index (χ1n) is 10.5. The third-order valence-electron chi connectivity index (χ3n) is 5.59. The van der Waals surface area contributed by atoms with Crippen LogP contribution in [0.25, 0.3) is 44.5 Å². The summed E-state index contributed by atoms with van der Waals surface area (Å²) >= 11 is 0. The van der Waals surface area contributed by atoms with Gasteiger partial charge in [0.05, 0.1) is 47.7 Å². The second-order valence-corrected chi connectivity index (χ2v) is 7.69. The zero-order valence-electron chi connectivity index (χ0n) is 17.6. The molecule has 33 heavy (non-hydrogen) atoms. The largest absolute Gasteiger partial charge is 0.481 e. The first-order valence-corrected chi connectivity index (χ1v) is 10.5.